The van der Waals surface area contributed by atoms with Crippen molar-refractivity contribution in [2.75, 3.05) is 26.2 Å². The van der Waals surface area contributed by atoms with Gasteiger partial charge in [-0.25, -0.2) is 0 Å². The van der Waals surface area contributed by atoms with Gasteiger partial charge in [-0.1, -0.05) is 6.92 Å². The molecular weight excluding hydrogens is 267 g/mol. The first-order valence-corrected chi connectivity index (χ1v) is 7.36. The fourth-order valence-electron chi connectivity index (χ4n) is 3.16. The SMILES string of the molecule is CCNC(C#N)(CN1CCC(C(F)(F)F)CC1)C1CC1. The number of nitrogens with zero attached hydrogens (tertiary/aromatic N) is 2. The fourth-order valence-corrected chi connectivity index (χ4v) is 3.16. The molecule has 1 N–H and O–H groups in total. The zero-order chi connectivity index (χ0) is 14.8. The van der Waals surface area contributed by atoms with Gasteiger partial charge in [0.1, 0.15) is 5.54 Å². The molecule has 0 aromatic carbocycles. The molecule has 6 heteroatoms. The Morgan fingerprint density at radius 1 is 1.15 bits per heavy atom. The molecule has 1 unspecified atom stereocenters. The number of likely N-dealkylation sites (N-methyl/N-ethyl adjacent to an activating group) is 1. The minimum absolute atomic E-state index is 0.155. The minimum atomic E-state index is -4.07. The highest BCUT2D eigenvalue weighted by molar-refractivity contribution is 5.16. The van der Waals surface area contributed by atoms with Crippen molar-refractivity contribution in [1.29, 1.82) is 5.26 Å². The molecule has 114 valence electrons. The Kier molecular flexibility index (Phi) is 4.60. The van der Waals surface area contributed by atoms with Crippen LogP contribution in [0.2, 0.25) is 0 Å². The zero-order valence-corrected chi connectivity index (χ0v) is 11.8. The molecule has 0 bridgehead atoms. The summed E-state index contributed by atoms with van der Waals surface area (Å²) >= 11 is 0. The lowest BCUT2D eigenvalue weighted by atomic mass is 9.91. The first-order chi connectivity index (χ1) is 9.41. The van der Waals surface area contributed by atoms with Crippen LogP contribution in [0, 0.1) is 23.2 Å². The van der Waals surface area contributed by atoms with Crippen LogP contribution in [-0.2, 0) is 0 Å². The summed E-state index contributed by atoms with van der Waals surface area (Å²) in [7, 11) is 0. The van der Waals surface area contributed by atoms with Gasteiger partial charge in [-0.05, 0) is 51.2 Å². The second-order valence-corrected chi connectivity index (χ2v) is 5.98. The molecule has 0 aromatic heterocycles. The van der Waals surface area contributed by atoms with Crippen LogP contribution in [0.4, 0.5) is 13.2 Å². The average Bonchev–Trinajstić information content (AvgIpc) is 3.22. The van der Waals surface area contributed by atoms with Crippen molar-refractivity contribution >= 4 is 0 Å². The Morgan fingerprint density at radius 3 is 2.15 bits per heavy atom. The van der Waals surface area contributed by atoms with E-state index in [4.69, 9.17) is 0 Å². The number of rotatable bonds is 5. The van der Waals surface area contributed by atoms with E-state index in [0.717, 1.165) is 12.8 Å². The van der Waals surface area contributed by atoms with E-state index in [1.165, 1.54) is 0 Å². The van der Waals surface area contributed by atoms with E-state index >= 15 is 0 Å². The number of alkyl halides is 3. The van der Waals surface area contributed by atoms with Crippen molar-refractivity contribution in [2.45, 2.75) is 44.3 Å². The van der Waals surface area contributed by atoms with Gasteiger partial charge in [0, 0.05) is 6.54 Å². The molecule has 0 amide bonds. The number of hydrogen-bond donors (Lipinski definition) is 1. The Labute approximate surface area is 118 Å². The van der Waals surface area contributed by atoms with Crippen LogP contribution in [0.15, 0.2) is 0 Å². The summed E-state index contributed by atoms with van der Waals surface area (Å²) in [6.07, 6.45) is -1.68. The highest BCUT2D eigenvalue weighted by atomic mass is 19.4. The molecular formula is C14H22F3N3. The van der Waals surface area contributed by atoms with Gasteiger partial charge in [-0.3, -0.25) is 5.32 Å². The van der Waals surface area contributed by atoms with Gasteiger partial charge in [-0.15, -0.1) is 0 Å². The highest BCUT2D eigenvalue weighted by Crippen LogP contribution is 2.41. The molecule has 0 aromatic rings. The van der Waals surface area contributed by atoms with Gasteiger partial charge in [0.05, 0.1) is 12.0 Å². The quantitative estimate of drug-likeness (QED) is 0.845. The third kappa shape index (κ3) is 3.44. The van der Waals surface area contributed by atoms with Crippen molar-refractivity contribution in [2.24, 2.45) is 11.8 Å². The molecule has 2 fully saturated rings. The molecule has 20 heavy (non-hydrogen) atoms. The summed E-state index contributed by atoms with van der Waals surface area (Å²) in [6, 6.07) is 2.39. The Balaban J connectivity index is 1.92. The Hall–Kier alpha value is -0.800. The van der Waals surface area contributed by atoms with Crippen LogP contribution >= 0.6 is 0 Å². The molecule has 3 nitrogen and oxygen atoms in total. The molecule has 2 rings (SSSR count). The first-order valence-electron chi connectivity index (χ1n) is 7.36. The lowest BCUT2D eigenvalue weighted by Gasteiger charge is -2.38. The molecule has 2 aliphatic rings. The van der Waals surface area contributed by atoms with Crippen LogP contribution in [-0.4, -0.2) is 42.8 Å². The van der Waals surface area contributed by atoms with Crippen LogP contribution in [0.25, 0.3) is 0 Å². The van der Waals surface area contributed by atoms with Gasteiger partial charge in [0.25, 0.3) is 0 Å². The summed E-state index contributed by atoms with van der Waals surface area (Å²) in [4.78, 5) is 2.02. The van der Waals surface area contributed by atoms with Gasteiger partial charge in [0.2, 0.25) is 0 Å². The average molecular weight is 289 g/mol. The van der Waals surface area contributed by atoms with E-state index in [1.54, 1.807) is 0 Å². The standard InChI is InChI=1S/C14H22F3N3/c1-2-19-13(9-18,11-3-4-11)10-20-7-5-12(6-8-20)14(15,16)17/h11-12,19H,2-8,10H2,1H3. The molecule has 1 atom stereocenters. The van der Waals surface area contributed by atoms with Crippen molar-refractivity contribution in [3.63, 3.8) is 0 Å². The van der Waals surface area contributed by atoms with Crippen molar-refractivity contribution in [3.8, 4) is 6.07 Å². The summed E-state index contributed by atoms with van der Waals surface area (Å²) in [6.45, 7) is 4.09. The van der Waals surface area contributed by atoms with Gasteiger partial charge in [0.15, 0.2) is 0 Å². The molecule has 1 heterocycles. The van der Waals surface area contributed by atoms with E-state index in [-0.39, 0.29) is 12.8 Å². The molecule has 1 aliphatic heterocycles. The molecule has 1 aliphatic carbocycles. The van der Waals surface area contributed by atoms with Crippen LogP contribution in [0.3, 0.4) is 0 Å². The topological polar surface area (TPSA) is 39.1 Å². The number of halogens is 3. The number of nitriles is 1. The molecule has 0 spiro atoms. The van der Waals surface area contributed by atoms with Gasteiger partial charge >= 0.3 is 6.18 Å². The van der Waals surface area contributed by atoms with Crippen LogP contribution < -0.4 is 5.32 Å². The first kappa shape index (κ1) is 15.6. The molecule has 1 saturated carbocycles. The van der Waals surface area contributed by atoms with E-state index in [1.807, 2.05) is 11.8 Å². The maximum Gasteiger partial charge on any atom is 0.391 e. The van der Waals surface area contributed by atoms with Crippen molar-refractivity contribution in [3.05, 3.63) is 0 Å². The largest absolute Gasteiger partial charge is 0.391 e. The summed E-state index contributed by atoms with van der Waals surface area (Å²) in [5, 5.41) is 12.8. The van der Waals surface area contributed by atoms with Crippen molar-refractivity contribution in [1.82, 2.24) is 10.2 Å². The van der Waals surface area contributed by atoms with Gasteiger partial charge < -0.3 is 4.90 Å². The van der Waals surface area contributed by atoms with E-state index in [0.29, 0.717) is 32.1 Å². The summed E-state index contributed by atoms with van der Waals surface area (Å²) in [5.41, 5.74) is -0.570. The Bertz CT molecular complexity index is 365. The minimum Gasteiger partial charge on any atom is -0.300 e. The predicted molar refractivity (Wildman–Crippen MR) is 70.0 cm³/mol. The number of nitrogens with one attached hydrogen (secondary N) is 1. The van der Waals surface area contributed by atoms with E-state index < -0.39 is 17.6 Å². The fraction of sp³-hybridized carbons (Fsp3) is 0.929. The smallest absolute Gasteiger partial charge is 0.300 e. The predicted octanol–water partition coefficient (Wildman–Crippen LogP) is 2.54. The maximum atomic E-state index is 12.6. The second-order valence-electron chi connectivity index (χ2n) is 5.98. The normalized spacial score (nSPS) is 25.1. The Morgan fingerprint density at radius 2 is 1.75 bits per heavy atom. The van der Waals surface area contributed by atoms with Crippen molar-refractivity contribution < 1.29 is 13.2 Å². The monoisotopic (exact) mass is 289 g/mol. The van der Waals surface area contributed by atoms with Gasteiger partial charge in [-0.2, -0.15) is 18.4 Å². The van der Waals surface area contributed by atoms with Crippen LogP contribution in [0.1, 0.15) is 32.6 Å². The maximum absolute atomic E-state index is 12.6. The summed E-state index contributed by atoms with van der Waals surface area (Å²) in [5.74, 6) is -0.817. The zero-order valence-electron chi connectivity index (χ0n) is 11.8. The lowest BCUT2D eigenvalue weighted by molar-refractivity contribution is -0.185. The number of hydrogen-bond acceptors (Lipinski definition) is 3. The lowest BCUT2D eigenvalue weighted by Crippen LogP contribution is -2.56. The third-order valence-electron chi connectivity index (χ3n) is 4.49. The van der Waals surface area contributed by atoms with E-state index in [9.17, 15) is 18.4 Å². The summed E-state index contributed by atoms with van der Waals surface area (Å²) < 4.78 is 37.9. The number of likely N-dealkylation sites (tertiary alicyclic amines) is 1. The second kappa shape index (κ2) is 5.90. The van der Waals surface area contributed by atoms with Crippen LogP contribution in [0.5, 0.6) is 0 Å². The highest BCUT2D eigenvalue weighted by Gasteiger charge is 2.47. The third-order valence-corrected chi connectivity index (χ3v) is 4.49. The molecule has 1 saturated heterocycles. The van der Waals surface area contributed by atoms with E-state index in [2.05, 4.69) is 11.4 Å². The number of piperidine rings is 1. The molecule has 0 radical (unpaired) electrons.